The third-order valence-corrected chi connectivity index (χ3v) is 2.93. The lowest BCUT2D eigenvalue weighted by Crippen LogP contribution is -2.21. The van der Waals surface area contributed by atoms with Crippen LogP contribution in [0.4, 0.5) is 11.4 Å². The van der Waals surface area contributed by atoms with Crippen LogP contribution in [0.15, 0.2) is 54.6 Å². The van der Waals surface area contributed by atoms with E-state index in [2.05, 4.69) is 42.3 Å². The van der Waals surface area contributed by atoms with Crippen molar-refractivity contribution in [3.05, 3.63) is 60.2 Å². The summed E-state index contributed by atoms with van der Waals surface area (Å²) >= 11 is 0. The van der Waals surface area contributed by atoms with E-state index < -0.39 is 0 Å². The molecule has 0 heterocycles. The quantitative estimate of drug-likeness (QED) is 0.856. The van der Waals surface area contributed by atoms with E-state index in [-0.39, 0.29) is 12.4 Å². The Hall–Kier alpha value is -1.67. The summed E-state index contributed by atoms with van der Waals surface area (Å²) in [5.74, 6) is 0. The third kappa shape index (κ3) is 3.67. The highest BCUT2D eigenvalue weighted by Crippen LogP contribution is 2.21. The van der Waals surface area contributed by atoms with Gasteiger partial charge in [-0.1, -0.05) is 42.5 Å². The zero-order chi connectivity index (χ0) is 12.1. The van der Waals surface area contributed by atoms with Crippen LogP contribution in [0.2, 0.25) is 0 Å². The predicted molar refractivity (Wildman–Crippen MR) is 81.5 cm³/mol. The summed E-state index contributed by atoms with van der Waals surface area (Å²) in [7, 11) is 2.08. The fourth-order valence-electron chi connectivity index (χ4n) is 1.90. The lowest BCUT2D eigenvalue weighted by Gasteiger charge is -2.20. The number of nitrogens with two attached hydrogens (primary N) is 1. The summed E-state index contributed by atoms with van der Waals surface area (Å²) in [4.78, 5) is 2.20. The van der Waals surface area contributed by atoms with Crippen LogP contribution in [0, 0.1) is 0 Å². The highest BCUT2D eigenvalue weighted by Gasteiger charge is 2.03. The van der Waals surface area contributed by atoms with E-state index in [9.17, 15) is 0 Å². The molecule has 2 rings (SSSR count). The smallest absolute Gasteiger partial charge is 0.0597 e. The van der Waals surface area contributed by atoms with Gasteiger partial charge in [0.05, 0.1) is 11.4 Å². The topological polar surface area (TPSA) is 29.3 Å². The summed E-state index contributed by atoms with van der Waals surface area (Å²) in [6.45, 7) is 0.970. The molecule has 0 aliphatic rings. The van der Waals surface area contributed by atoms with Gasteiger partial charge in [0, 0.05) is 13.6 Å². The Kier molecular flexibility index (Phi) is 5.53. The second-order valence-corrected chi connectivity index (χ2v) is 4.22. The number of likely N-dealkylation sites (N-methyl/N-ethyl adjacent to an activating group) is 1. The number of hydrogen-bond donors (Lipinski definition) is 1. The maximum Gasteiger partial charge on any atom is 0.0597 e. The van der Waals surface area contributed by atoms with Gasteiger partial charge in [0.2, 0.25) is 0 Å². The molecule has 0 radical (unpaired) electrons. The van der Waals surface area contributed by atoms with Gasteiger partial charge in [0.1, 0.15) is 0 Å². The minimum absolute atomic E-state index is 0. The van der Waals surface area contributed by atoms with Crippen LogP contribution >= 0.6 is 12.4 Å². The molecular formula is C15H19ClN2. The number of halogens is 1. The third-order valence-electron chi connectivity index (χ3n) is 2.93. The van der Waals surface area contributed by atoms with Gasteiger partial charge < -0.3 is 10.6 Å². The van der Waals surface area contributed by atoms with Crippen LogP contribution in [0.1, 0.15) is 5.56 Å². The Morgan fingerprint density at radius 2 is 1.56 bits per heavy atom. The SMILES string of the molecule is CN(CCc1ccccc1)c1ccccc1N.Cl. The van der Waals surface area contributed by atoms with Gasteiger partial charge in [-0.2, -0.15) is 0 Å². The fraction of sp³-hybridized carbons (Fsp3) is 0.200. The number of rotatable bonds is 4. The van der Waals surface area contributed by atoms with Crippen molar-refractivity contribution in [3.63, 3.8) is 0 Å². The molecule has 0 spiro atoms. The molecule has 0 aliphatic heterocycles. The summed E-state index contributed by atoms with van der Waals surface area (Å²) in [6, 6.07) is 18.5. The van der Waals surface area contributed by atoms with Crippen LogP contribution in [-0.2, 0) is 6.42 Å². The van der Waals surface area contributed by atoms with Crippen molar-refractivity contribution in [2.24, 2.45) is 0 Å². The fourth-order valence-corrected chi connectivity index (χ4v) is 1.90. The molecule has 0 aliphatic carbocycles. The van der Waals surface area contributed by atoms with Crippen molar-refractivity contribution >= 4 is 23.8 Å². The van der Waals surface area contributed by atoms with Crippen molar-refractivity contribution in [2.45, 2.75) is 6.42 Å². The number of anilines is 2. The molecule has 96 valence electrons. The van der Waals surface area contributed by atoms with Crippen molar-refractivity contribution in [1.82, 2.24) is 0 Å². The Balaban J connectivity index is 0.00000162. The van der Waals surface area contributed by atoms with Gasteiger partial charge in [-0.05, 0) is 24.1 Å². The average molecular weight is 263 g/mol. The highest BCUT2D eigenvalue weighted by atomic mass is 35.5. The number of hydrogen-bond acceptors (Lipinski definition) is 2. The first-order valence-electron chi connectivity index (χ1n) is 5.87. The Bertz CT molecular complexity index is 471. The Morgan fingerprint density at radius 3 is 2.22 bits per heavy atom. The van der Waals surface area contributed by atoms with E-state index in [1.807, 2.05) is 24.3 Å². The van der Waals surface area contributed by atoms with E-state index in [0.717, 1.165) is 24.3 Å². The molecule has 2 N–H and O–H groups in total. The molecule has 2 aromatic carbocycles. The van der Waals surface area contributed by atoms with E-state index in [1.165, 1.54) is 5.56 Å². The maximum absolute atomic E-state index is 5.95. The summed E-state index contributed by atoms with van der Waals surface area (Å²) in [5, 5.41) is 0. The Morgan fingerprint density at radius 1 is 0.944 bits per heavy atom. The first-order chi connectivity index (χ1) is 8.27. The number of para-hydroxylation sites is 2. The summed E-state index contributed by atoms with van der Waals surface area (Å²) in [6.07, 6.45) is 1.03. The van der Waals surface area contributed by atoms with Crippen LogP contribution in [-0.4, -0.2) is 13.6 Å². The summed E-state index contributed by atoms with van der Waals surface area (Å²) in [5.41, 5.74) is 9.24. The molecule has 2 aromatic rings. The van der Waals surface area contributed by atoms with Crippen LogP contribution < -0.4 is 10.6 Å². The predicted octanol–water partition coefficient (Wildman–Crippen LogP) is 3.37. The monoisotopic (exact) mass is 262 g/mol. The normalized spacial score (nSPS) is 9.61. The van der Waals surface area contributed by atoms with Gasteiger partial charge in [0.25, 0.3) is 0 Å². The van der Waals surface area contributed by atoms with Crippen molar-refractivity contribution in [1.29, 1.82) is 0 Å². The second-order valence-electron chi connectivity index (χ2n) is 4.22. The standard InChI is InChI=1S/C15H18N2.ClH/c1-17(15-10-6-5-9-14(15)16)12-11-13-7-3-2-4-8-13;/h2-10H,11-12,16H2,1H3;1H. The maximum atomic E-state index is 5.95. The van der Waals surface area contributed by atoms with Gasteiger partial charge in [-0.15, -0.1) is 12.4 Å². The Labute approximate surface area is 115 Å². The van der Waals surface area contributed by atoms with Crippen LogP contribution in [0.5, 0.6) is 0 Å². The van der Waals surface area contributed by atoms with E-state index in [1.54, 1.807) is 0 Å². The van der Waals surface area contributed by atoms with Gasteiger partial charge in [-0.3, -0.25) is 0 Å². The minimum atomic E-state index is 0. The minimum Gasteiger partial charge on any atom is -0.397 e. The van der Waals surface area contributed by atoms with Gasteiger partial charge in [0.15, 0.2) is 0 Å². The highest BCUT2D eigenvalue weighted by molar-refractivity contribution is 5.85. The molecule has 0 bridgehead atoms. The zero-order valence-electron chi connectivity index (χ0n) is 10.5. The molecule has 2 nitrogen and oxygen atoms in total. The molecule has 0 amide bonds. The molecule has 0 unspecified atom stereocenters. The van der Waals surface area contributed by atoms with Gasteiger partial charge >= 0.3 is 0 Å². The van der Waals surface area contributed by atoms with Crippen molar-refractivity contribution in [2.75, 3.05) is 24.2 Å². The van der Waals surface area contributed by atoms with E-state index in [4.69, 9.17) is 5.73 Å². The number of benzene rings is 2. The first kappa shape index (κ1) is 14.4. The summed E-state index contributed by atoms with van der Waals surface area (Å²) < 4.78 is 0. The van der Waals surface area contributed by atoms with Crippen LogP contribution in [0.3, 0.4) is 0 Å². The lowest BCUT2D eigenvalue weighted by atomic mass is 10.1. The number of nitrogen functional groups attached to an aromatic ring is 1. The average Bonchev–Trinajstić information content (AvgIpc) is 2.38. The molecule has 18 heavy (non-hydrogen) atoms. The molecule has 0 saturated heterocycles. The van der Waals surface area contributed by atoms with E-state index >= 15 is 0 Å². The zero-order valence-corrected chi connectivity index (χ0v) is 11.4. The van der Waals surface area contributed by atoms with Crippen molar-refractivity contribution in [3.8, 4) is 0 Å². The molecule has 0 aromatic heterocycles. The van der Waals surface area contributed by atoms with Crippen molar-refractivity contribution < 1.29 is 0 Å². The largest absolute Gasteiger partial charge is 0.397 e. The molecule has 0 fully saturated rings. The number of nitrogens with zero attached hydrogens (tertiary/aromatic N) is 1. The second kappa shape index (κ2) is 6.92. The van der Waals surface area contributed by atoms with Crippen LogP contribution in [0.25, 0.3) is 0 Å². The van der Waals surface area contributed by atoms with E-state index in [0.29, 0.717) is 0 Å². The molecular weight excluding hydrogens is 244 g/mol. The first-order valence-corrected chi connectivity index (χ1v) is 5.87. The lowest BCUT2D eigenvalue weighted by molar-refractivity contribution is 0.878. The van der Waals surface area contributed by atoms with Gasteiger partial charge in [-0.25, -0.2) is 0 Å². The molecule has 0 saturated carbocycles. The molecule has 3 heteroatoms. The molecule has 0 atom stereocenters.